The summed E-state index contributed by atoms with van der Waals surface area (Å²) < 4.78 is 4.91. The van der Waals surface area contributed by atoms with E-state index >= 15 is 0 Å². The lowest BCUT2D eigenvalue weighted by Crippen LogP contribution is -2.15. The van der Waals surface area contributed by atoms with E-state index in [4.69, 9.17) is 15.9 Å². The first-order chi connectivity index (χ1) is 7.02. The third-order valence-corrected chi connectivity index (χ3v) is 1.95. The first kappa shape index (κ1) is 11.5. The van der Waals surface area contributed by atoms with Gasteiger partial charge in [0.1, 0.15) is 0 Å². The Morgan fingerprint density at radius 1 is 1.40 bits per heavy atom. The van der Waals surface area contributed by atoms with Crippen molar-refractivity contribution < 1.29 is 4.74 Å². The van der Waals surface area contributed by atoms with Gasteiger partial charge >= 0.3 is 6.01 Å². The van der Waals surface area contributed by atoms with E-state index in [0.717, 1.165) is 11.8 Å². The van der Waals surface area contributed by atoms with Crippen LogP contribution in [-0.4, -0.2) is 41.3 Å². The molecule has 0 saturated heterocycles. The van der Waals surface area contributed by atoms with Gasteiger partial charge in [-0.2, -0.15) is 15.0 Å². The van der Waals surface area contributed by atoms with Crippen molar-refractivity contribution >= 4 is 22.9 Å². The van der Waals surface area contributed by atoms with Gasteiger partial charge < -0.3 is 15.4 Å². The number of rotatable bonds is 3. The van der Waals surface area contributed by atoms with Crippen LogP contribution in [0.25, 0.3) is 0 Å². The van der Waals surface area contributed by atoms with Gasteiger partial charge in [-0.1, -0.05) is 0 Å². The van der Waals surface area contributed by atoms with E-state index in [9.17, 15) is 0 Å². The van der Waals surface area contributed by atoms with E-state index < -0.39 is 0 Å². The highest BCUT2D eigenvalue weighted by atomic mass is 32.2. The molecule has 3 N–H and O–H groups in total. The molecule has 0 radical (unpaired) electrons. The molecule has 8 heteroatoms. The molecular weight excluding hydrogens is 216 g/mol. The zero-order chi connectivity index (χ0) is 11.4. The topological polar surface area (TPSA) is 101 Å². The van der Waals surface area contributed by atoms with Crippen LogP contribution in [-0.2, 0) is 0 Å². The number of amidine groups is 1. The van der Waals surface area contributed by atoms with Crippen LogP contribution in [0.5, 0.6) is 6.01 Å². The first-order valence-corrected chi connectivity index (χ1v) is 4.84. The highest BCUT2D eigenvalue weighted by Crippen LogP contribution is 2.17. The Morgan fingerprint density at radius 2 is 2.07 bits per heavy atom. The number of ether oxygens (including phenoxy) is 1. The van der Waals surface area contributed by atoms with Crippen LogP contribution in [0.15, 0.2) is 5.16 Å². The summed E-state index contributed by atoms with van der Waals surface area (Å²) in [6, 6.07) is 0.206. The van der Waals surface area contributed by atoms with Gasteiger partial charge in [0, 0.05) is 14.1 Å². The van der Waals surface area contributed by atoms with Crippen LogP contribution in [0.1, 0.15) is 0 Å². The molecule has 1 aromatic rings. The Morgan fingerprint density at radius 3 is 2.53 bits per heavy atom. The first-order valence-electron chi connectivity index (χ1n) is 4.02. The minimum atomic E-state index is -0.0760. The quantitative estimate of drug-likeness (QED) is 0.424. The van der Waals surface area contributed by atoms with Crippen molar-refractivity contribution in [3.8, 4) is 6.01 Å². The number of thioether (sulfide) groups is 1. The fourth-order valence-corrected chi connectivity index (χ4v) is 1.21. The van der Waals surface area contributed by atoms with Crippen LogP contribution in [0.3, 0.4) is 0 Å². The van der Waals surface area contributed by atoms with Crippen molar-refractivity contribution in [3.05, 3.63) is 0 Å². The number of aromatic nitrogens is 3. The standard InChI is InChI=1S/C7H12N6OS/c1-13(2)5-10-6(14-3)12-7(11-5)15-4(8)9/h1-3H3,(H3,8,9). The van der Waals surface area contributed by atoms with Crippen LogP contribution in [0, 0.1) is 5.41 Å². The van der Waals surface area contributed by atoms with E-state index in [-0.39, 0.29) is 11.2 Å². The molecule has 1 rings (SSSR count). The molecule has 0 bridgehead atoms. The summed E-state index contributed by atoms with van der Waals surface area (Å²) in [4.78, 5) is 13.8. The highest BCUT2D eigenvalue weighted by molar-refractivity contribution is 8.13. The molecule has 0 saturated carbocycles. The minimum Gasteiger partial charge on any atom is -0.467 e. The number of nitrogens with zero attached hydrogens (tertiary/aromatic N) is 4. The van der Waals surface area contributed by atoms with Crippen LogP contribution in [0.2, 0.25) is 0 Å². The van der Waals surface area contributed by atoms with Gasteiger partial charge in [0.2, 0.25) is 11.1 Å². The van der Waals surface area contributed by atoms with E-state index in [2.05, 4.69) is 15.0 Å². The zero-order valence-corrected chi connectivity index (χ0v) is 9.50. The van der Waals surface area contributed by atoms with Gasteiger partial charge in [-0.3, -0.25) is 5.41 Å². The molecule has 82 valence electrons. The highest BCUT2D eigenvalue weighted by Gasteiger charge is 2.09. The van der Waals surface area contributed by atoms with Crippen LogP contribution >= 0.6 is 11.8 Å². The molecule has 0 aliphatic carbocycles. The van der Waals surface area contributed by atoms with Crippen molar-refractivity contribution in [2.24, 2.45) is 5.73 Å². The lowest BCUT2D eigenvalue weighted by atomic mass is 10.8. The largest absolute Gasteiger partial charge is 0.467 e. The average Bonchev–Trinajstić information content (AvgIpc) is 2.16. The molecule has 0 aliphatic heterocycles. The maximum atomic E-state index is 7.12. The van der Waals surface area contributed by atoms with Gasteiger partial charge in [-0.25, -0.2) is 0 Å². The Hall–Kier alpha value is -1.57. The van der Waals surface area contributed by atoms with Crippen molar-refractivity contribution in [1.82, 2.24) is 15.0 Å². The summed E-state index contributed by atoms with van der Waals surface area (Å²) in [5, 5.41) is 7.39. The summed E-state index contributed by atoms with van der Waals surface area (Å²) in [6.07, 6.45) is 0. The Labute approximate surface area is 91.6 Å². The summed E-state index contributed by atoms with van der Waals surface area (Å²) in [5.74, 6) is 0.464. The number of anilines is 1. The molecule has 0 atom stereocenters. The Kier molecular flexibility index (Phi) is 3.67. The van der Waals surface area contributed by atoms with E-state index in [1.165, 1.54) is 7.11 Å². The van der Waals surface area contributed by atoms with Gasteiger partial charge in [-0.05, 0) is 11.8 Å². The summed E-state index contributed by atoms with van der Waals surface area (Å²) in [5.41, 5.74) is 5.23. The van der Waals surface area contributed by atoms with Gasteiger partial charge in [-0.15, -0.1) is 0 Å². The maximum absolute atomic E-state index is 7.12. The van der Waals surface area contributed by atoms with Crippen molar-refractivity contribution in [2.75, 3.05) is 26.1 Å². The number of hydrogen-bond acceptors (Lipinski definition) is 7. The summed E-state index contributed by atoms with van der Waals surface area (Å²) in [6.45, 7) is 0. The molecule has 7 nitrogen and oxygen atoms in total. The second kappa shape index (κ2) is 4.78. The number of methoxy groups -OCH3 is 1. The number of hydrogen-bond donors (Lipinski definition) is 2. The smallest absolute Gasteiger partial charge is 0.321 e. The second-order valence-electron chi connectivity index (χ2n) is 2.77. The molecule has 0 spiro atoms. The van der Waals surface area contributed by atoms with Crippen LogP contribution < -0.4 is 15.4 Å². The third-order valence-electron chi connectivity index (χ3n) is 1.37. The van der Waals surface area contributed by atoms with E-state index in [1.807, 2.05) is 0 Å². The number of nitrogens with two attached hydrogens (primary N) is 1. The minimum absolute atomic E-state index is 0.0760. The molecule has 1 aromatic heterocycles. The fourth-order valence-electron chi connectivity index (χ4n) is 0.763. The summed E-state index contributed by atoms with van der Waals surface area (Å²) in [7, 11) is 5.07. The number of nitrogens with one attached hydrogen (secondary N) is 1. The monoisotopic (exact) mass is 228 g/mol. The fraction of sp³-hybridized carbons (Fsp3) is 0.429. The Bertz CT molecular complexity index is 368. The second-order valence-corrected chi connectivity index (χ2v) is 3.77. The van der Waals surface area contributed by atoms with E-state index in [0.29, 0.717) is 11.1 Å². The van der Waals surface area contributed by atoms with Crippen molar-refractivity contribution in [2.45, 2.75) is 5.16 Å². The Balaban J connectivity index is 3.05. The van der Waals surface area contributed by atoms with Crippen LogP contribution in [0.4, 0.5) is 5.95 Å². The predicted octanol–water partition coefficient (Wildman–Crippen LogP) is -0.0682. The molecule has 0 amide bonds. The lowest BCUT2D eigenvalue weighted by molar-refractivity contribution is 0.373. The SMILES string of the molecule is COc1nc(SC(=N)N)nc(N(C)C)n1. The van der Waals surface area contributed by atoms with E-state index in [1.54, 1.807) is 19.0 Å². The van der Waals surface area contributed by atoms with Gasteiger partial charge in [0.25, 0.3) is 0 Å². The molecule has 0 fully saturated rings. The normalized spacial score (nSPS) is 9.80. The molecule has 0 unspecified atom stereocenters. The molecule has 0 aliphatic rings. The molecule has 1 heterocycles. The third kappa shape index (κ3) is 3.24. The van der Waals surface area contributed by atoms with Gasteiger partial charge in [0.05, 0.1) is 7.11 Å². The molecule has 15 heavy (non-hydrogen) atoms. The van der Waals surface area contributed by atoms with Crippen molar-refractivity contribution in [3.63, 3.8) is 0 Å². The average molecular weight is 228 g/mol. The predicted molar refractivity (Wildman–Crippen MR) is 58.5 cm³/mol. The molecular formula is C7H12N6OS. The zero-order valence-electron chi connectivity index (χ0n) is 8.68. The van der Waals surface area contributed by atoms with Crippen molar-refractivity contribution in [1.29, 1.82) is 5.41 Å². The maximum Gasteiger partial charge on any atom is 0.321 e. The van der Waals surface area contributed by atoms with Gasteiger partial charge in [0.15, 0.2) is 5.17 Å². The molecule has 0 aromatic carbocycles. The summed E-state index contributed by atoms with van der Waals surface area (Å²) >= 11 is 0.952. The lowest BCUT2D eigenvalue weighted by Gasteiger charge is -2.11.